The number of piperazine rings is 1. The van der Waals surface area contributed by atoms with Crippen LogP contribution in [-0.4, -0.2) is 84.7 Å². The fourth-order valence-electron chi connectivity index (χ4n) is 3.51. The van der Waals surface area contributed by atoms with Gasteiger partial charge in [-0.3, -0.25) is 9.69 Å². The van der Waals surface area contributed by atoms with Crippen molar-refractivity contribution in [3.8, 4) is 0 Å². The Morgan fingerprint density at radius 1 is 1.30 bits per heavy atom. The molecule has 0 atom stereocenters. The van der Waals surface area contributed by atoms with Crippen molar-refractivity contribution in [3.63, 3.8) is 0 Å². The maximum Gasteiger partial charge on any atom is 0.245 e. The molecule has 1 saturated heterocycles. The Morgan fingerprint density at radius 3 is 2.74 bits per heavy atom. The van der Waals surface area contributed by atoms with E-state index in [0.29, 0.717) is 49.7 Å². The van der Waals surface area contributed by atoms with Gasteiger partial charge in [0.2, 0.25) is 15.9 Å². The van der Waals surface area contributed by atoms with E-state index < -0.39 is 10.0 Å². The van der Waals surface area contributed by atoms with Crippen LogP contribution in [0.15, 0.2) is 29.4 Å². The van der Waals surface area contributed by atoms with Crippen molar-refractivity contribution in [2.24, 2.45) is 5.92 Å². The number of rotatable bonds is 6. The molecule has 0 bridgehead atoms. The lowest BCUT2D eigenvalue weighted by Gasteiger charge is -2.34. The van der Waals surface area contributed by atoms with Crippen LogP contribution in [0, 0.1) is 5.92 Å². The van der Waals surface area contributed by atoms with Crippen molar-refractivity contribution < 1.29 is 13.2 Å². The van der Waals surface area contributed by atoms with E-state index in [2.05, 4.69) is 9.97 Å². The summed E-state index contributed by atoms with van der Waals surface area (Å²) >= 11 is 0. The number of pyridine rings is 1. The Hall–Kier alpha value is -1.97. The number of likely N-dealkylation sites (N-methyl/N-ethyl adjacent to an activating group) is 1. The van der Waals surface area contributed by atoms with Gasteiger partial charge in [-0.1, -0.05) is 0 Å². The number of amides is 1. The molecule has 9 heteroatoms. The molecule has 0 unspecified atom stereocenters. The van der Waals surface area contributed by atoms with E-state index in [-0.39, 0.29) is 10.8 Å². The Balaban J connectivity index is 1.37. The average molecular weight is 391 g/mol. The molecule has 2 aliphatic rings. The van der Waals surface area contributed by atoms with Gasteiger partial charge in [-0.25, -0.2) is 13.4 Å². The SMILES string of the molecule is CN(CC1CC1)C(=O)CN1CCN(S(=O)(=O)c2c[nH]c3ncccc23)CC1. The Labute approximate surface area is 159 Å². The fraction of sp³-hybridized carbons (Fsp3) is 0.556. The van der Waals surface area contributed by atoms with Crippen molar-refractivity contribution in [1.29, 1.82) is 0 Å². The highest BCUT2D eigenvalue weighted by Crippen LogP contribution is 2.29. The number of hydrogen-bond acceptors (Lipinski definition) is 5. The number of carbonyl (C=O) groups excluding carboxylic acids is 1. The highest BCUT2D eigenvalue weighted by Gasteiger charge is 2.32. The van der Waals surface area contributed by atoms with E-state index in [0.717, 1.165) is 6.54 Å². The van der Waals surface area contributed by atoms with Crippen LogP contribution in [0.25, 0.3) is 11.0 Å². The molecular formula is C18H25N5O3S. The molecule has 0 radical (unpaired) electrons. The maximum absolute atomic E-state index is 13.0. The summed E-state index contributed by atoms with van der Waals surface area (Å²) in [5, 5.41) is 0.608. The molecule has 8 nitrogen and oxygen atoms in total. The molecule has 1 saturated carbocycles. The van der Waals surface area contributed by atoms with E-state index in [1.54, 1.807) is 23.2 Å². The molecule has 2 aromatic rings. The summed E-state index contributed by atoms with van der Waals surface area (Å²) in [7, 11) is -1.73. The Bertz CT molecular complexity index is 929. The number of sulfonamides is 1. The van der Waals surface area contributed by atoms with E-state index in [1.807, 2.05) is 11.9 Å². The normalized spacial score (nSPS) is 19.4. The van der Waals surface area contributed by atoms with Crippen molar-refractivity contribution in [1.82, 2.24) is 24.1 Å². The van der Waals surface area contributed by atoms with Crippen molar-refractivity contribution >= 4 is 27.0 Å². The molecule has 0 spiro atoms. The molecule has 3 heterocycles. The smallest absolute Gasteiger partial charge is 0.245 e. The number of hydrogen-bond donors (Lipinski definition) is 1. The number of fused-ring (bicyclic) bond motifs is 1. The summed E-state index contributed by atoms with van der Waals surface area (Å²) in [4.78, 5) is 23.5. The minimum atomic E-state index is -3.58. The molecule has 1 aliphatic heterocycles. The number of aromatic nitrogens is 2. The third kappa shape index (κ3) is 3.85. The number of nitrogens with zero attached hydrogens (tertiary/aromatic N) is 4. The summed E-state index contributed by atoms with van der Waals surface area (Å²) in [5.41, 5.74) is 0.569. The lowest BCUT2D eigenvalue weighted by molar-refractivity contribution is -0.131. The molecular weight excluding hydrogens is 366 g/mol. The minimum Gasteiger partial charge on any atom is -0.345 e. The van der Waals surface area contributed by atoms with E-state index in [1.165, 1.54) is 23.3 Å². The topological polar surface area (TPSA) is 89.6 Å². The first-order valence-electron chi connectivity index (χ1n) is 9.34. The summed E-state index contributed by atoms with van der Waals surface area (Å²) in [5.74, 6) is 0.785. The highest BCUT2D eigenvalue weighted by atomic mass is 32.2. The molecule has 146 valence electrons. The third-order valence-electron chi connectivity index (χ3n) is 5.38. The predicted octanol–water partition coefficient (Wildman–Crippen LogP) is 0.738. The lowest BCUT2D eigenvalue weighted by atomic mass is 10.3. The minimum absolute atomic E-state index is 0.112. The third-order valence-corrected chi connectivity index (χ3v) is 7.31. The molecule has 1 aliphatic carbocycles. The largest absolute Gasteiger partial charge is 0.345 e. The second-order valence-corrected chi connectivity index (χ2v) is 9.36. The van der Waals surface area contributed by atoms with Crippen molar-refractivity contribution in [2.45, 2.75) is 17.7 Å². The van der Waals surface area contributed by atoms with Crippen LogP contribution in [0.5, 0.6) is 0 Å². The predicted molar refractivity (Wildman–Crippen MR) is 102 cm³/mol. The van der Waals surface area contributed by atoms with E-state index in [4.69, 9.17) is 0 Å². The number of aromatic amines is 1. The van der Waals surface area contributed by atoms with Gasteiger partial charge in [0, 0.05) is 57.6 Å². The molecule has 1 amide bonds. The van der Waals surface area contributed by atoms with Crippen LogP contribution < -0.4 is 0 Å². The van der Waals surface area contributed by atoms with Gasteiger partial charge in [0.05, 0.1) is 6.54 Å². The molecule has 27 heavy (non-hydrogen) atoms. The highest BCUT2D eigenvalue weighted by molar-refractivity contribution is 7.89. The fourth-order valence-corrected chi connectivity index (χ4v) is 5.09. The van der Waals surface area contributed by atoms with Crippen LogP contribution in [0.4, 0.5) is 0 Å². The molecule has 2 aromatic heterocycles. The lowest BCUT2D eigenvalue weighted by Crippen LogP contribution is -2.51. The first-order chi connectivity index (χ1) is 12.9. The van der Waals surface area contributed by atoms with Gasteiger partial charge in [0.1, 0.15) is 10.5 Å². The quantitative estimate of drug-likeness (QED) is 0.784. The second-order valence-electron chi connectivity index (χ2n) is 7.45. The van der Waals surface area contributed by atoms with Gasteiger partial charge in [-0.05, 0) is 30.9 Å². The van der Waals surface area contributed by atoms with E-state index in [9.17, 15) is 13.2 Å². The number of H-pyrrole nitrogens is 1. The average Bonchev–Trinajstić information content (AvgIpc) is 3.36. The molecule has 2 fully saturated rings. The van der Waals surface area contributed by atoms with Gasteiger partial charge in [-0.2, -0.15) is 4.31 Å². The van der Waals surface area contributed by atoms with E-state index >= 15 is 0 Å². The van der Waals surface area contributed by atoms with Crippen LogP contribution >= 0.6 is 0 Å². The second kappa shape index (κ2) is 7.21. The van der Waals surface area contributed by atoms with Gasteiger partial charge in [0.25, 0.3) is 0 Å². The van der Waals surface area contributed by atoms with Crippen LogP contribution in [-0.2, 0) is 14.8 Å². The van der Waals surface area contributed by atoms with Gasteiger partial charge < -0.3 is 9.88 Å². The summed E-state index contributed by atoms with van der Waals surface area (Å²) in [6.07, 6.45) is 5.58. The monoisotopic (exact) mass is 391 g/mol. The zero-order valence-electron chi connectivity index (χ0n) is 15.5. The summed E-state index contributed by atoms with van der Waals surface area (Å²) in [6, 6.07) is 3.49. The number of carbonyl (C=O) groups is 1. The van der Waals surface area contributed by atoms with Gasteiger partial charge >= 0.3 is 0 Å². The van der Waals surface area contributed by atoms with Gasteiger partial charge in [0.15, 0.2) is 0 Å². The molecule has 4 rings (SSSR count). The van der Waals surface area contributed by atoms with Gasteiger partial charge in [-0.15, -0.1) is 0 Å². The first kappa shape index (κ1) is 18.4. The first-order valence-corrected chi connectivity index (χ1v) is 10.8. The van der Waals surface area contributed by atoms with Crippen molar-refractivity contribution in [3.05, 3.63) is 24.5 Å². The zero-order chi connectivity index (χ0) is 19.0. The standard InChI is InChI=1S/C18H25N5O3S/c1-21(12-14-4-5-14)17(24)13-22-7-9-23(10-8-22)27(25,26)16-11-20-18-15(16)3-2-6-19-18/h2-3,6,11,14H,4-5,7-10,12-13H2,1H3,(H,19,20). The van der Waals surface area contributed by atoms with Crippen LogP contribution in [0.1, 0.15) is 12.8 Å². The van der Waals surface area contributed by atoms with Crippen LogP contribution in [0.2, 0.25) is 0 Å². The molecule has 0 aromatic carbocycles. The zero-order valence-corrected chi connectivity index (χ0v) is 16.3. The number of nitrogens with one attached hydrogen (secondary N) is 1. The summed E-state index contributed by atoms with van der Waals surface area (Å²) < 4.78 is 27.5. The summed E-state index contributed by atoms with van der Waals surface area (Å²) in [6.45, 7) is 3.07. The molecule has 1 N–H and O–H groups in total. The Morgan fingerprint density at radius 2 is 2.04 bits per heavy atom. The Kier molecular flexibility index (Phi) is 4.92. The maximum atomic E-state index is 13.0. The van der Waals surface area contributed by atoms with Crippen molar-refractivity contribution in [2.75, 3.05) is 46.3 Å². The van der Waals surface area contributed by atoms with Crippen LogP contribution in [0.3, 0.4) is 0 Å².